The van der Waals surface area contributed by atoms with E-state index in [4.69, 9.17) is 5.73 Å². The topological polar surface area (TPSA) is 193 Å². The van der Waals surface area contributed by atoms with Crippen molar-refractivity contribution in [2.75, 3.05) is 11.1 Å². The highest BCUT2D eigenvalue weighted by molar-refractivity contribution is 5.97. The molecule has 0 spiro atoms. The highest BCUT2D eigenvalue weighted by atomic mass is 16.4. The second kappa shape index (κ2) is 16.8. The third kappa shape index (κ3) is 9.82. The summed E-state index contributed by atoms with van der Waals surface area (Å²) in [5.41, 5.74) is 6.77. The number of aromatic amines is 1. The van der Waals surface area contributed by atoms with Crippen LogP contribution in [-0.4, -0.2) is 48.7 Å². The lowest BCUT2D eigenvalue weighted by Crippen LogP contribution is -2.41. The monoisotopic (exact) mass is 633 g/mol. The molecule has 3 aromatic rings. The Bertz CT molecular complexity index is 1540. The number of aliphatic carboxylic acids is 1. The molecular formula is C34H47N7O5. The van der Waals surface area contributed by atoms with Gasteiger partial charge in [-0.3, -0.25) is 19.4 Å². The van der Waals surface area contributed by atoms with Gasteiger partial charge in [-0.1, -0.05) is 58.8 Å². The van der Waals surface area contributed by atoms with Crippen LogP contribution in [0.15, 0.2) is 35.3 Å². The molecule has 4 rings (SSSR count). The fourth-order valence-electron chi connectivity index (χ4n) is 6.33. The number of carboxylic acids is 1. The number of H-pyrrole nitrogens is 1. The lowest BCUT2D eigenvalue weighted by Gasteiger charge is -2.22. The van der Waals surface area contributed by atoms with Crippen molar-refractivity contribution in [2.45, 2.75) is 103 Å². The van der Waals surface area contributed by atoms with E-state index in [0.717, 1.165) is 32.1 Å². The standard InChI is InChI=1S/C34H47N7O5/c1-3-4-5-6-8-21(2)22-9-7-10-23(12-11-22)28(42)18-17-27(33(45)46)39-31(43)24-13-15-25(16-14-24)36-19-26-20-37-30-29(38-26)32(44)41-34(35)40-30/h13-16,20-23,27,36H,3-12,17-19H2,1-2H3,(H,39,43)(H,45,46)(H3,35,37,40,41,44)/t21-,22?,23?,27+/m1/s1. The Hall–Kier alpha value is -4.35. The van der Waals surface area contributed by atoms with E-state index >= 15 is 0 Å². The smallest absolute Gasteiger partial charge is 0.326 e. The summed E-state index contributed by atoms with van der Waals surface area (Å²) in [4.78, 5) is 64.8. The number of nitrogens with zero attached hydrogens (tertiary/aromatic N) is 3. The molecule has 1 aliphatic carbocycles. The third-order valence-electron chi connectivity index (χ3n) is 9.18. The number of hydrogen-bond acceptors (Lipinski definition) is 9. The summed E-state index contributed by atoms with van der Waals surface area (Å²) in [5, 5.41) is 15.5. The summed E-state index contributed by atoms with van der Waals surface area (Å²) in [5.74, 6) is -0.318. The summed E-state index contributed by atoms with van der Waals surface area (Å²) in [6.07, 6.45) is 13.0. The van der Waals surface area contributed by atoms with Gasteiger partial charge in [0.25, 0.3) is 11.5 Å². The first-order valence-electron chi connectivity index (χ1n) is 16.6. The number of carbonyl (C=O) groups is 3. The first-order chi connectivity index (χ1) is 22.1. The van der Waals surface area contributed by atoms with Gasteiger partial charge in [-0.15, -0.1) is 0 Å². The molecule has 1 fully saturated rings. The van der Waals surface area contributed by atoms with Gasteiger partial charge in [0, 0.05) is 23.6 Å². The van der Waals surface area contributed by atoms with Crippen LogP contribution in [0.5, 0.6) is 0 Å². The molecular weight excluding hydrogens is 586 g/mol. The zero-order valence-corrected chi connectivity index (χ0v) is 26.9. The number of carboxylic acid groups (broad SMARTS) is 1. The highest BCUT2D eigenvalue weighted by Gasteiger charge is 2.28. The number of anilines is 2. The molecule has 12 nitrogen and oxygen atoms in total. The highest BCUT2D eigenvalue weighted by Crippen LogP contribution is 2.35. The molecule has 4 atom stereocenters. The molecule has 0 radical (unpaired) electrons. The normalized spacial score (nSPS) is 18.0. The van der Waals surface area contributed by atoms with Crippen LogP contribution in [0, 0.1) is 17.8 Å². The molecule has 1 amide bonds. The Morgan fingerprint density at radius 1 is 1.04 bits per heavy atom. The number of benzene rings is 1. The molecule has 12 heteroatoms. The van der Waals surface area contributed by atoms with Gasteiger partial charge in [-0.2, -0.15) is 4.98 Å². The number of carbonyl (C=O) groups excluding carboxylic acids is 2. The van der Waals surface area contributed by atoms with E-state index in [2.05, 4.69) is 44.4 Å². The first-order valence-corrected chi connectivity index (χ1v) is 16.6. The number of fused-ring (bicyclic) bond motifs is 1. The molecule has 0 aliphatic heterocycles. The Morgan fingerprint density at radius 3 is 2.57 bits per heavy atom. The number of rotatable bonds is 16. The van der Waals surface area contributed by atoms with Gasteiger partial charge in [0.1, 0.15) is 11.8 Å². The molecule has 248 valence electrons. The zero-order chi connectivity index (χ0) is 33.1. The van der Waals surface area contributed by atoms with Gasteiger partial charge in [-0.05, 0) is 61.8 Å². The molecule has 2 heterocycles. The van der Waals surface area contributed by atoms with Crippen molar-refractivity contribution in [3.05, 3.63) is 52.1 Å². The summed E-state index contributed by atoms with van der Waals surface area (Å²) < 4.78 is 0. The maximum Gasteiger partial charge on any atom is 0.326 e. The molecule has 2 aromatic heterocycles. The van der Waals surface area contributed by atoms with Gasteiger partial charge in [0.2, 0.25) is 5.95 Å². The molecule has 0 saturated heterocycles. The van der Waals surface area contributed by atoms with E-state index in [1.807, 2.05) is 0 Å². The molecule has 1 aliphatic rings. The van der Waals surface area contributed by atoms with Crippen LogP contribution in [0.3, 0.4) is 0 Å². The lowest BCUT2D eigenvalue weighted by molar-refractivity contribution is -0.139. The van der Waals surface area contributed by atoms with E-state index in [9.17, 15) is 24.3 Å². The number of hydrogen-bond donors (Lipinski definition) is 5. The molecule has 1 saturated carbocycles. The van der Waals surface area contributed by atoms with Crippen LogP contribution in [-0.2, 0) is 16.1 Å². The average Bonchev–Trinajstić information content (AvgIpc) is 3.30. The number of unbranched alkanes of at least 4 members (excludes halogenated alkanes) is 3. The van der Waals surface area contributed by atoms with Crippen LogP contribution < -0.4 is 21.9 Å². The largest absolute Gasteiger partial charge is 0.480 e. The van der Waals surface area contributed by atoms with E-state index in [-0.39, 0.29) is 48.2 Å². The Morgan fingerprint density at radius 2 is 1.83 bits per heavy atom. The van der Waals surface area contributed by atoms with Crippen molar-refractivity contribution in [2.24, 2.45) is 17.8 Å². The van der Waals surface area contributed by atoms with Gasteiger partial charge < -0.3 is 21.5 Å². The second-order valence-corrected chi connectivity index (χ2v) is 12.6. The molecule has 46 heavy (non-hydrogen) atoms. The SMILES string of the molecule is CCCCCC[C@@H](C)C1CCCC(C(=O)CC[C@H](NC(=O)c2ccc(NCc3cnc4nc(N)[nH]c(=O)c4n3)cc2)C(=O)O)CC1. The number of nitrogens with one attached hydrogen (secondary N) is 3. The minimum absolute atomic E-state index is 0.0285. The minimum atomic E-state index is -1.16. The van der Waals surface area contributed by atoms with Gasteiger partial charge in [0.05, 0.1) is 18.4 Å². The number of nitrogens with two attached hydrogens (primary N) is 1. The van der Waals surface area contributed by atoms with Crippen LogP contribution >= 0.6 is 0 Å². The fourth-order valence-corrected chi connectivity index (χ4v) is 6.33. The molecule has 0 bridgehead atoms. The Kier molecular flexibility index (Phi) is 12.6. The molecule has 2 unspecified atom stereocenters. The van der Waals surface area contributed by atoms with Crippen molar-refractivity contribution in [1.29, 1.82) is 0 Å². The summed E-state index contributed by atoms with van der Waals surface area (Å²) in [7, 11) is 0. The van der Waals surface area contributed by atoms with Gasteiger partial charge >= 0.3 is 5.97 Å². The van der Waals surface area contributed by atoms with Gasteiger partial charge in [-0.25, -0.2) is 14.8 Å². The van der Waals surface area contributed by atoms with Crippen LogP contribution in [0.25, 0.3) is 11.2 Å². The van der Waals surface area contributed by atoms with Crippen LogP contribution in [0.4, 0.5) is 11.6 Å². The van der Waals surface area contributed by atoms with Crippen molar-refractivity contribution >= 4 is 40.5 Å². The zero-order valence-electron chi connectivity index (χ0n) is 26.9. The minimum Gasteiger partial charge on any atom is -0.480 e. The number of ketones is 1. The number of Topliss-reactive ketones (excluding diaryl/α,β-unsaturated/α-hetero) is 1. The second-order valence-electron chi connectivity index (χ2n) is 12.6. The Balaban J connectivity index is 1.24. The van der Waals surface area contributed by atoms with E-state index in [1.54, 1.807) is 24.3 Å². The lowest BCUT2D eigenvalue weighted by atomic mass is 9.83. The quantitative estimate of drug-likeness (QED) is 0.103. The summed E-state index contributed by atoms with van der Waals surface area (Å²) in [6.45, 7) is 4.84. The van der Waals surface area contributed by atoms with E-state index in [0.29, 0.717) is 28.8 Å². The predicted octanol–water partition coefficient (Wildman–Crippen LogP) is 5.24. The van der Waals surface area contributed by atoms with Crippen LogP contribution in [0.1, 0.15) is 107 Å². The maximum absolute atomic E-state index is 13.1. The number of aromatic nitrogens is 4. The molecule has 1 aromatic carbocycles. The summed E-state index contributed by atoms with van der Waals surface area (Å²) in [6, 6.07) is 5.37. The van der Waals surface area contributed by atoms with Crippen LogP contribution in [0.2, 0.25) is 0 Å². The maximum atomic E-state index is 13.1. The first kappa shape index (κ1) is 34.5. The van der Waals surface area contributed by atoms with E-state index in [1.165, 1.54) is 38.3 Å². The fraction of sp³-hybridized carbons (Fsp3) is 0.559. The third-order valence-corrected chi connectivity index (χ3v) is 9.18. The number of nitrogen functional groups attached to an aromatic ring is 1. The van der Waals surface area contributed by atoms with E-state index < -0.39 is 23.5 Å². The predicted molar refractivity (Wildman–Crippen MR) is 177 cm³/mol. The van der Waals surface area contributed by atoms with Gasteiger partial charge in [0.15, 0.2) is 11.2 Å². The number of amides is 1. The molecule has 6 N–H and O–H groups in total. The average molecular weight is 634 g/mol. The summed E-state index contributed by atoms with van der Waals surface area (Å²) >= 11 is 0. The van der Waals surface area contributed by atoms with Crippen molar-refractivity contribution in [3.63, 3.8) is 0 Å². The van der Waals surface area contributed by atoms with Crippen molar-refractivity contribution < 1.29 is 19.5 Å². The van der Waals surface area contributed by atoms with Crippen molar-refractivity contribution in [1.82, 2.24) is 25.3 Å². The van der Waals surface area contributed by atoms with Crippen molar-refractivity contribution in [3.8, 4) is 0 Å². The Labute approximate surface area is 269 Å².